The summed E-state index contributed by atoms with van der Waals surface area (Å²) in [6, 6.07) is -0.231. The van der Waals surface area contributed by atoms with Crippen LogP contribution >= 0.6 is 0 Å². The molecule has 0 heterocycles. The van der Waals surface area contributed by atoms with Crippen LogP contribution in [0.2, 0.25) is 0 Å². The molecule has 0 saturated heterocycles. The molecule has 0 bridgehead atoms. The van der Waals surface area contributed by atoms with E-state index in [2.05, 4.69) is 5.32 Å². The van der Waals surface area contributed by atoms with Crippen molar-refractivity contribution in [3.05, 3.63) is 0 Å². The Morgan fingerprint density at radius 2 is 1.72 bits per heavy atom. The lowest BCUT2D eigenvalue weighted by Gasteiger charge is -2.29. The Hall–Kier alpha value is -1.26. The zero-order chi connectivity index (χ0) is 14.6. The third kappa shape index (κ3) is 5.38. The Bertz CT molecular complexity index is 310. The Morgan fingerprint density at radius 1 is 1.22 bits per heavy atom. The van der Waals surface area contributed by atoms with Gasteiger partial charge in [0, 0.05) is 20.1 Å². The molecule has 2 N–H and O–H groups in total. The summed E-state index contributed by atoms with van der Waals surface area (Å²) in [4.78, 5) is 24.5. The van der Waals surface area contributed by atoms with E-state index in [9.17, 15) is 9.59 Å². The predicted molar refractivity (Wildman–Crippen MR) is 71.5 cm³/mol. The minimum Gasteiger partial charge on any atom is -0.481 e. The number of amides is 2. The van der Waals surface area contributed by atoms with Crippen molar-refractivity contribution in [1.29, 1.82) is 0 Å². The number of nitrogens with zero attached hydrogens (tertiary/aromatic N) is 1. The third-order valence-corrected chi connectivity index (χ3v) is 2.98. The van der Waals surface area contributed by atoms with E-state index in [-0.39, 0.29) is 18.0 Å². The second-order valence-corrected chi connectivity index (χ2v) is 6.29. The summed E-state index contributed by atoms with van der Waals surface area (Å²) in [7, 11) is 1.71. The minimum absolute atomic E-state index is 0.0208. The predicted octanol–water partition coefficient (Wildman–Crippen LogP) is 2.17. The van der Waals surface area contributed by atoms with Gasteiger partial charge in [0.05, 0.1) is 5.41 Å². The van der Waals surface area contributed by atoms with Crippen molar-refractivity contribution < 1.29 is 14.7 Å². The van der Waals surface area contributed by atoms with Gasteiger partial charge in [0.15, 0.2) is 0 Å². The molecule has 0 saturated carbocycles. The average molecular weight is 258 g/mol. The van der Waals surface area contributed by atoms with Gasteiger partial charge in [-0.05, 0) is 18.8 Å². The van der Waals surface area contributed by atoms with Crippen LogP contribution in [0.1, 0.15) is 41.0 Å². The van der Waals surface area contributed by atoms with Crippen LogP contribution in [-0.2, 0) is 4.79 Å². The van der Waals surface area contributed by atoms with Gasteiger partial charge in [-0.25, -0.2) is 4.79 Å². The first-order chi connectivity index (χ1) is 8.02. The van der Waals surface area contributed by atoms with Crippen LogP contribution in [-0.4, -0.2) is 42.1 Å². The van der Waals surface area contributed by atoms with Crippen LogP contribution in [0.5, 0.6) is 0 Å². The maximum Gasteiger partial charge on any atom is 0.317 e. The van der Waals surface area contributed by atoms with E-state index >= 15 is 0 Å². The van der Waals surface area contributed by atoms with E-state index < -0.39 is 11.4 Å². The molecule has 1 atom stereocenters. The van der Waals surface area contributed by atoms with Gasteiger partial charge >= 0.3 is 12.0 Å². The molecule has 2 amide bonds. The Labute approximate surface area is 110 Å². The molecule has 0 aliphatic carbocycles. The second kappa shape index (κ2) is 6.07. The van der Waals surface area contributed by atoms with Crippen LogP contribution in [0.4, 0.5) is 4.79 Å². The summed E-state index contributed by atoms with van der Waals surface area (Å²) in [5.74, 6) is -0.885. The first-order valence-electron chi connectivity index (χ1n) is 6.24. The van der Waals surface area contributed by atoms with E-state index in [1.807, 2.05) is 20.8 Å². The molecular weight excluding hydrogens is 232 g/mol. The number of nitrogens with one attached hydrogen (secondary N) is 1. The fraction of sp³-hybridized carbons (Fsp3) is 0.846. The highest BCUT2D eigenvalue weighted by Gasteiger charge is 2.32. The number of aliphatic carboxylic acids is 1. The normalized spacial score (nSPS) is 14.8. The summed E-state index contributed by atoms with van der Waals surface area (Å²) in [5.41, 5.74) is -0.884. The van der Waals surface area contributed by atoms with Crippen LogP contribution in [0.25, 0.3) is 0 Å². The number of hydrogen-bond donors (Lipinski definition) is 2. The van der Waals surface area contributed by atoms with Gasteiger partial charge in [-0.3, -0.25) is 4.79 Å². The topological polar surface area (TPSA) is 69.6 Å². The molecule has 1 unspecified atom stereocenters. The number of urea groups is 1. The molecule has 0 fully saturated rings. The molecule has 0 aliphatic heterocycles. The SMILES string of the molecule is CCC(C)(CNC(=O)N(C)CC(C)(C)C)C(=O)O. The fourth-order valence-corrected chi connectivity index (χ4v) is 1.54. The Morgan fingerprint density at radius 3 is 2.06 bits per heavy atom. The molecule has 0 radical (unpaired) electrons. The molecule has 0 spiro atoms. The second-order valence-electron chi connectivity index (χ2n) is 6.29. The van der Waals surface area contributed by atoms with Crippen molar-refractivity contribution in [2.75, 3.05) is 20.1 Å². The van der Waals surface area contributed by atoms with Crippen LogP contribution in [0.15, 0.2) is 0 Å². The number of hydrogen-bond acceptors (Lipinski definition) is 2. The van der Waals surface area contributed by atoms with Crippen molar-refractivity contribution in [2.45, 2.75) is 41.0 Å². The van der Waals surface area contributed by atoms with Crippen molar-refractivity contribution >= 4 is 12.0 Å². The summed E-state index contributed by atoms with van der Waals surface area (Å²) in [6.07, 6.45) is 0.478. The van der Waals surface area contributed by atoms with Crippen molar-refractivity contribution in [3.63, 3.8) is 0 Å². The van der Waals surface area contributed by atoms with Gasteiger partial charge in [-0.15, -0.1) is 0 Å². The highest BCUT2D eigenvalue weighted by atomic mass is 16.4. The number of carboxylic acids is 1. The first-order valence-corrected chi connectivity index (χ1v) is 6.24. The minimum atomic E-state index is -0.905. The lowest BCUT2D eigenvalue weighted by Crippen LogP contribution is -2.46. The highest BCUT2D eigenvalue weighted by molar-refractivity contribution is 5.77. The van der Waals surface area contributed by atoms with Gasteiger partial charge in [-0.1, -0.05) is 27.7 Å². The van der Waals surface area contributed by atoms with Crippen molar-refractivity contribution in [1.82, 2.24) is 10.2 Å². The average Bonchev–Trinajstić information content (AvgIpc) is 2.22. The molecule has 5 nitrogen and oxygen atoms in total. The number of rotatable bonds is 5. The highest BCUT2D eigenvalue weighted by Crippen LogP contribution is 2.20. The smallest absolute Gasteiger partial charge is 0.317 e. The van der Waals surface area contributed by atoms with E-state index in [0.29, 0.717) is 13.0 Å². The first kappa shape index (κ1) is 16.7. The lowest BCUT2D eigenvalue weighted by atomic mass is 9.88. The van der Waals surface area contributed by atoms with E-state index in [4.69, 9.17) is 5.11 Å². The molecule has 0 aromatic heterocycles. The summed E-state index contributed by atoms with van der Waals surface area (Å²) >= 11 is 0. The largest absolute Gasteiger partial charge is 0.481 e. The van der Waals surface area contributed by atoms with Crippen molar-refractivity contribution in [2.24, 2.45) is 10.8 Å². The van der Waals surface area contributed by atoms with E-state index in [0.717, 1.165) is 0 Å². The maximum absolute atomic E-state index is 11.8. The summed E-state index contributed by atoms with van der Waals surface area (Å²) < 4.78 is 0. The zero-order valence-corrected chi connectivity index (χ0v) is 12.3. The lowest BCUT2D eigenvalue weighted by molar-refractivity contribution is -0.147. The molecule has 18 heavy (non-hydrogen) atoms. The Kier molecular flexibility index (Phi) is 5.64. The number of carbonyl (C=O) groups excluding carboxylic acids is 1. The molecule has 0 aromatic carbocycles. The van der Waals surface area contributed by atoms with Gasteiger partial charge < -0.3 is 15.3 Å². The van der Waals surface area contributed by atoms with Gasteiger partial charge in [0.2, 0.25) is 0 Å². The van der Waals surface area contributed by atoms with Gasteiger partial charge in [0.25, 0.3) is 0 Å². The fourth-order valence-electron chi connectivity index (χ4n) is 1.54. The molecule has 5 heteroatoms. The van der Waals surface area contributed by atoms with Crippen LogP contribution in [0.3, 0.4) is 0 Å². The molecule has 0 rings (SSSR count). The molecule has 0 aromatic rings. The molecular formula is C13H26N2O3. The molecule has 0 aliphatic rings. The number of carbonyl (C=O) groups is 2. The van der Waals surface area contributed by atoms with E-state index in [1.54, 1.807) is 25.8 Å². The quantitative estimate of drug-likeness (QED) is 0.794. The molecule has 106 valence electrons. The monoisotopic (exact) mass is 258 g/mol. The summed E-state index contributed by atoms with van der Waals surface area (Å²) in [6.45, 7) is 10.3. The summed E-state index contributed by atoms with van der Waals surface area (Å²) in [5, 5.41) is 11.8. The van der Waals surface area contributed by atoms with E-state index in [1.165, 1.54) is 0 Å². The zero-order valence-electron chi connectivity index (χ0n) is 12.3. The van der Waals surface area contributed by atoms with Gasteiger partial charge in [-0.2, -0.15) is 0 Å². The standard InChI is InChI=1S/C13H26N2O3/c1-7-13(5,10(16)17)8-14-11(18)15(6)9-12(2,3)4/h7-9H2,1-6H3,(H,14,18)(H,16,17). The maximum atomic E-state index is 11.8. The van der Waals surface area contributed by atoms with Crippen LogP contribution < -0.4 is 5.32 Å². The third-order valence-electron chi connectivity index (χ3n) is 2.98. The van der Waals surface area contributed by atoms with Crippen molar-refractivity contribution in [3.8, 4) is 0 Å². The Balaban J connectivity index is 4.38. The van der Waals surface area contributed by atoms with Crippen LogP contribution in [0, 0.1) is 10.8 Å². The number of carboxylic acid groups (broad SMARTS) is 1. The van der Waals surface area contributed by atoms with Gasteiger partial charge in [0.1, 0.15) is 0 Å².